The molecule has 0 bridgehead atoms. The van der Waals surface area contributed by atoms with E-state index in [1.54, 1.807) is 0 Å². The van der Waals surface area contributed by atoms with Crippen molar-refractivity contribution in [3.63, 3.8) is 0 Å². The number of nitrogens with one attached hydrogen (secondary N) is 1. The van der Waals surface area contributed by atoms with Crippen molar-refractivity contribution in [3.05, 3.63) is 12.2 Å². The van der Waals surface area contributed by atoms with Gasteiger partial charge in [-0.15, -0.1) is 0 Å². The van der Waals surface area contributed by atoms with Crippen molar-refractivity contribution in [3.8, 4) is 0 Å². The van der Waals surface area contributed by atoms with Gasteiger partial charge in [-0.2, -0.15) is 0 Å². The third-order valence-corrected chi connectivity index (χ3v) is 3.63. The Balaban J connectivity index is 1.89. The third-order valence-electron chi connectivity index (χ3n) is 3.63. The van der Waals surface area contributed by atoms with Crippen LogP contribution in [0, 0.1) is 5.92 Å². The monoisotopic (exact) mass is 222 g/mol. The second-order valence-corrected chi connectivity index (χ2v) is 5.17. The lowest BCUT2D eigenvalue weighted by Gasteiger charge is -2.38. The summed E-state index contributed by atoms with van der Waals surface area (Å²) in [6.45, 7) is 6.05. The van der Waals surface area contributed by atoms with Crippen LogP contribution in [-0.2, 0) is 4.79 Å². The number of hydrogen-bond donors (Lipinski definition) is 1. The molecule has 0 saturated carbocycles. The summed E-state index contributed by atoms with van der Waals surface area (Å²) in [6, 6.07) is 0.772. The first-order valence-corrected chi connectivity index (χ1v) is 6.36. The molecule has 3 unspecified atom stereocenters. The topological polar surface area (TPSA) is 32.3 Å². The molecule has 0 aromatic heterocycles. The van der Waals surface area contributed by atoms with E-state index in [4.69, 9.17) is 0 Å². The van der Waals surface area contributed by atoms with Gasteiger partial charge in [0.25, 0.3) is 0 Å². The zero-order chi connectivity index (χ0) is 11.5. The van der Waals surface area contributed by atoms with Crippen LogP contribution in [0.1, 0.15) is 33.1 Å². The van der Waals surface area contributed by atoms with Gasteiger partial charge in [0.05, 0.1) is 0 Å². The average molecular weight is 222 g/mol. The van der Waals surface area contributed by atoms with Crippen LogP contribution in [0.25, 0.3) is 0 Å². The van der Waals surface area contributed by atoms with Gasteiger partial charge in [-0.3, -0.25) is 4.79 Å². The van der Waals surface area contributed by atoms with E-state index in [1.165, 1.54) is 0 Å². The standard InChI is InChI=1S/C13H22N2O/c1-10-9-15(11(2)8-14-10)13(16)7-12-5-3-4-6-12/h3,5,10-12,14H,4,6-9H2,1-2H3. The summed E-state index contributed by atoms with van der Waals surface area (Å²) < 4.78 is 0. The molecule has 2 aliphatic rings. The Hall–Kier alpha value is -0.830. The smallest absolute Gasteiger partial charge is 0.223 e. The van der Waals surface area contributed by atoms with Crippen molar-refractivity contribution in [2.45, 2.75) is 45.2 Å². The van der Waals surface area contributed by atoms with Crippen molar-refractivity contribution >= 4 is 5.91 Å². The van der Waals surface area contributed by atoms with Gasteiger partial charge in [-0.25, -0.2) is 0 Å². The molecular formula is C13H22N2O. The van der Waals surface area contributed by atoms with Gasteiger partial charge >= 0.3 is 0 Å². The van der Waals surface area contributed by atoms with E-state index in [9.17, 15) is 4.79 Å². The van der Waals surface area contributed by atoms with E-state index >= 15 is 0 Å². The van der Waals surface area contributed by atoms with Gasteiger partial charge in [0.1, 0.15) is 0 Å². The van der Waals surface area contributed by atoms with Gasteiger partial charge in [-0.1, -0.05) is 12.2 Å². The lowest BCUT2D eigenvalue weighted by atomic mass is 10.0. The van der Waals surface area contributed by atoms with Crippen LogP contribution in [0.15, 0.2) is 12.2 Å². The molecule has 0 aromatic rings. The Morgan fingerprint density at radius 3 is 3.00 bits per heavy atom. The van der Waals surface area contributed by atoms with Crippen molar-refractivity contribution in [1.82, 2.24) is 10.2 Å². The fourth-order valence-electron chi connectivity index (χ4n) is 2.58. The highest BCUT2D eigenvalue weighted by Gasteiger charge is 2.27. The molecule has 0 aromatic carbocycles. The lowest BCUT2D eigenvalue weighted by molar-refractivity contribution is -0.135. The van der Waals surface area contributed by atoms with E-state index in [1.807, 2.05) is 4.90 Å². The van der Waals surface area contributed by atoms with Crippen molar-refractivity contribution in [1.29, 1.82) is 0 Å². The van der Waals surface area contributed by atoms with Crippen LogP contribution in [0.5, 0.6) is 0 Å². The maximum absolute atomic E-state index is 12.2. The molecule has 16 heavy (non-hydrogen) atoms. The highest BCUT2D eigenvalue weighted by Crippen LogP contribution is 2.22. The molecule has 3 heteroatoms. The number of piperazine rings is 1. The van der Waals surface area contributed by atoms with Crippen LogP contribution in [-0.4, -0.2) is 36.0 Å². The summed E-state index contributed by atoms with van der Waals surface area (Å²) in [7, 11) is 0. The van der Waals surface area contributed by atoms with E-state index in [2.05, 4.69) is 31.3 Å². The molecule has 3 nitrogen and oxygen atoms in total. The molecule has 1 amide bonds. The van der Waals surface area contributed by atoms with E-state index in [0.29, 0.717) is 30.3 Å². The van der Waals surface area contributed by atoms with Gasteiger partial charge in [-0.05, 0) is 32.6 Å². The van der Waals surface area contributed by atoms with Crippen LogP contribution >= 0.6 is 0 Å². The Kier molecular flexibility index (Phi) is 3.64. The maximum Gasteiger partial charge on any atom is 0.223 e. The molecule has 90 valence electrons. The normalized spacial score (nSPS) is 34.4. The minimum atomic E-state index is 0.331. The third kappa shape index (κ3) is 2.64. The van der Waals surface area contributed by atoms with Crippen LogP contribution in [0.3, 0.4) is 0 Å². The van der Waals surface area contributed by atoms with Gasteiger partial charge < -0.3 is 10.2 Å². The minimum absolute atomic E-state index is 0.331. The van der Waals surface area contributed by atoms with Crippen molar-refractivity contribution < 1.29 is 4.79 Å². The van der Waals surface area contributed by atoms with Crippen LogP contribution in [0.2, 0.25) is 0 Å². The molecule has 1 saturated heterocycles. The van der Waals surface area contributed by atoms with Crippen molar-refractivity contribution in [2.75, 3.05) is 13.1 Å². The quantitative estimate of drug-likeness (QED) is 0.719. The highest BCUT2D eigenvalue weighted by atomic mass is 16.2. The van der Waals surface area contributed by atoms with Crippen molar-refractivity contribution in [2.24, 2.45) is 5.92 Å². The fourth-order valence-corrected chi connectivity index (χ4v) is 2.58. The maximum atomic E-state index is 12.2. The van der Waals surface area contributed by atoms with E-state index in [0.717, 1.165) is 25.9 Å². The van der Waals surface area contributed by atoms with Crippen LogP contribution < -0.4 is 5.32 Å². The Morgan fingerprint density at radius 2 is 2.31 bits per heavy atom. The average Bonchev–Trinajstić information content (AvgIpc) is 2.74. The molecule has 1 N–H and O–H groups in total. The SMILES string of the molecule is CC1CN(C(=O)CC2C=CCC2)C(C)CN1. The second-order valence-electron chi connectivity index (χ2n) is 5.17. The first-order valence-electron chi connectivity index (χ1n) is 6.36. The van der Waals surface area contributed by atoms with Crippen LogP contribution in [0.4, 0.5) is 0 Å². The minimum Gasteiger partial charge on any atom is -0.337 e. The van der Waals surface area contributed by atoms with Gasteiger partial charge in [0.2, 0.25) is 5.91 Å². The van der Waals surface area contributed by atoms with Gasteiger partial charge in [0, 0.05) is 31.6 Å². The summed E-state index contributed by atoms with van der Waals surface area (Å²) in [6.07, 6.45) is 7.40. The number of rotatable bonds is 2. The van der Waals surface area contributed by atoms with E-state index < -0.39 is 0 Å². The molecule has 0 radical (unpaired) electrons. The Bertz CT molecular complexity index is 288. The predicted molar refractivity (Wildman–Crippen MR) is 65.1 cm³/mol. The molecule has 0 spiro atoms. The molecule has 1 aliphatic carbocycles. The molecule has 1 fully saturated rings. The summed E-state index contributed by atoms with van der Waals surface area (Å²) in [5.74, 6) is 0.822. The molecule has 3 atom stereocenters. The summed E-state index contributed by atoms with van der Waals surface area (Å²) >= 11 is 0. The number of amides is 1. The highest BCUT2D eigenvalue weighted by molar-refractivity contribution is 5.77. The second kappa shape index (κ2) is 5.00. The zero-order valence-corrected chi connectivity index (χ0v) is 10.3. The lowest BCUT2D eigenvalue weighted by Crippen LogP contribution is -2.56. The largest absolute Gasteiger partial charge is 0.337 e. The first kappa shape index (κ1) is 11.6. The molecular weight excluding hydrogens is 200 g/mol. The number of hydrogen-bond acceptors (Lipinski definition) is 2. The number of carbonyl (C=O) groups excluding carboxylic acids is 1. The number of allylic oxidation sites excluding steroid dienone is 2. The summed E-state index contributed by atoms with van der Waals surface area (Å²) in [5, 5.41) is 3.40. The Labute approximate surface area is 97.9 Å². The fraction of sp³-hybridized carbons (Fsp3) is 0.769. The Morgan fingerprint density at radius 1 is 1.50 bits per heavy atom. The molecule has 1 aliphatic heterocycles. The first-order chi connectivity index (χ1) is 7.66. The predicted octanol–water partition coefficient (Wildman–Crippen LogP) is 1.55. The number of nitrogens with zero attached hydrogens (tertiary/aromatic N) is 1. The number of carbonyl (C=O) groups is 1. The summed E-state index contributed by atoms with van der Waals surface area (Å²) in [5.41, 5.74) is 0. The summed E-state index contributed by atoms with van der Waals surface area (Å²) in [4.78, 5) is 14.2. The van der Waals surface area contributed by atoms with E-state index in [-0.39, 0.29) is 0 Å². The zero-order valence-electron chi connectivity index (χ0n) is 10.3. The molecule has 2 rings (SSSR count). The van der Waals surface area contributed by atoms with Gasteiger partial charge in [0.15, 0.2) is 0 Å². The molecule has 1 heterocycles.